The van der Waals surface area contributed by atoms with Crippen LogP contribution in [0, 0.1) is 0 Å². The molecule has 0 aliphatic heterocycles. The molecule has 21 heavy (non-hydrogen) atoms. The Hall–Kier alpha value is -1.50. The van der Waals surface area contributed by atoms with E-state index in [1.165, 1.54) is 10.9 Å². The number of rotatable bonds is 0. The molecule has 0 bridgehead atoms. The monoisotopic (exact) mass is 286 g/mol. The second-order valence-electron chi connectivity index (χ2n) is 7.43. The molecular formula is C20H30O. The zero-order chi connectivity index (χ0) is 16.4. The van der Waals surface area contributed by atoms with Crippen LogP contribution in [0.3, 0.4) is 0 Å². The average Bonchev–Trinajstić information content (AvgIpc) is 2.37. The Morgan fingerprint density at radius 1 is 0.714 bits per heavy atom. The quantitative estimate of drug-likeness (QED) is 0.614. The van der Waals surface area contributed by atoms with E-state index in [0.717, 1.165) is 10.9 Å². The highest BCUT2D eigenvalue weighted by atomic mass is 16.3. The van der Waals surface area contributed by atoms with Crippen LogP contribution < -0.4 is 0 Å². The zero-order valence-corrected chi connectivity index (χ0v) is 14.8. The summed E-state index contributed by atoms with van der Waals surface area (Å²) in [6.07, 6.45) is 0. The average molecular weight is 286 g/mol. The third-order valence-corrected chi connectivity index (χ3v) is 3.63. The SMILES string of the molecule is CC.CC(C)(C)c1ccc2cc(O)c(C(C)(C)C)cc2c1. The van der Waals surface area contributed by atoms with Crippen LogP contribution >= 0.6 is 0 Å². The molecule has 1 nitrogen and oxygen atoms in total. The van der Waals surface area contributed by atoms with Crippen molar-refractivity contribution in [2.24, 2.45) is 0 Å². The van der Waals surface area contributed by atoms with Crippen LogP contribution in [0.5, 0.6) is 5.75 Å². The minimum atomic E-state index is -0.0456. The number of aromatic hydroxyl groups is 1. The molecule has 2 rings (SSSR count). The molecule has 116 valence electrons. The van der Waals surface area contributed by atoms with Gasteiger partial charge in [-0.1, -0.05) is 73.6 Å². The molecule has 0 aromatic heterocycles. The van der Waals surface area contributed by atoms with Gasteiger partial charge < -0.3 is 5.11 Å². The molecule has 0 fully saturated rings. The number of benzene rings is 2. The summed E-state index contributed by atoms with van der Waals surface area (Å²) in [4.78, 5) is 0. The first kappa shape index (κ1) is 17.6. The Morgan fingerprint density at radius 3 is 1.76 bits per heavy atom. The molecule has 0 heterocycles. The first-order valence-corrected chi connectivity index (χ1v) is 7.87. The summed E-state index contributed by atoms with van der Waals surface area (Å²) in [5.41, 5.74) is 2.43. The van der Waals surface area contributed by atoms with Gasteiger partial charge in [0.15, 0.2) is 0 Å². The summed E-state index contributed by atoms with van der Waals surface area (Å²) in [7, 11) is 0. The van der Waals surface area contributed by atoms with E-state index in [9.17, 15) is 5.11 Å². The van der Waals surface area contributed by atoms with Crippen molar-refractivity contribution in [3.05, 3.63) is 41.5 Å². The predicted molar refractivity (Wildman–Crippen MR) is 94.4 cm³/mol. The van der Waals surface area contributed by atoms with Gasteiger partial charge in [0.05, 0.1) is 0 Å². The van der Waals surface area contributed by atoms with Gasteiger partial charge in [-0.05, 0) is 44.9 Å². The van der Waals surface area contributed by atoms with Gasteiger partial charge in [0, 0.05) is 0 Å². The van der Waals surface area contributed by atoms with Crippen LogP contribution in [0.4, 0.5) is 0 Å². The fourth-order valence-corrected chi connectivity index (χ4v) is 2.35. The molecule has 0 saturated heterocycles. The maximum Gasteiger partial charge on any atom is 0.119 e. The van der Waals surface area contributed by atoms with E-state index in [1.54, 1.807) is 0 Å². The van der Waals surface area contributed by atoms with Crippen molar-refractivity contribution in [3.8, 4) is 5.75 Å². The van der Waals surface area contributed by atoms with Crippen molar-refractivity contribution in [2.45, 2.75) is 66.2 Å². The first-order valence-electron chi connectivity index (χ1n) is 7.87. The Morgan fingerprint density at radius 2 is 1.29 bits per heavy atom. The smallest absolute Gasteiger partial charge is 0.119 e. The van der Waals surface area contributed by atoms with Crippen LogP contribution in [-0.4, -0.2) is 5.11 Å². The number of hydrogen-bond acceptors (Lipinski definition) is 1. The molecular weight excluding hydrogens is 256 g/mol. The second kappa shape index (κ2) is 6.09. The van der Waals surface area contributed by atoms with Crippen molar-refractivity contribution < 1.29 is 5.11 Å². The summed E-state index contributed by atoms with van der Waals surface area (Å²) >= 11 is 0. The summed E-state index contributed by atoms with van der Waals surface area (Å²) in [6, 6.07) is 10.5. The molecule has 0 radical (unpaired) electrons. The molecule has 0 saturated carbocycles. The summed E-state index contributed by atoms with van der Waals surface area (Å²) in [5.74, 6) is 0.392. The maximum atomic E-state index is 10.2. The van der Waals surface area contributed by atoms with Crippen molar-refractivity contribution >= 4 is 10.8 Å². The molecule has 2 aromatic rings. The highest BCUT2D eigenvalue weighted by molar-refractivity contribution is 5.86. The third kappa shape index (κ3) is 4.00. The number of phenolic OH excluding ortho intramolecular Hbond substituents is 1. The molecule has 1 heteroatoms. The number of fused-ring (bicyclic) bond motifs is 1. The van der Waals surface area contributed by atoms with Crippen molar-refractivity contribution in [2.75, 3.05) is 0 Å². The lowest BCUT2D eigenvalue weighted by molar-refractivity contribution is 0.448. The number of hydrogen-bond donors (Lipinski definition) is 1. The van der Waals surface area contributed by atoms with E-state index in [-0.39, 0.29) is 10.8 Å². The van der Waals surface area contributed by atoms with Gasteiger partial charge >= 0.3 is 0 Å². The van der Waals surface area contributed by atoms with Gasteiger partial charge in [0.25, 0.3) is 0 Å². The summed E-state index contributed by atoms with van der Waals surface area (Å²) < 4.78 is 0. The van der Waals surface area contributed by atoms with E-state index in [2.05, 4.69) is 65.8 Å². The minimum absolute atomic E-state index is 0.0456. The lowest BCUT2D eigenvalue weighted by Gasteiger charge is -2.23. The van der Waals surface area contributed by atoms with Gasteiger partial charge in [-0.25, -0.2) is 0 Å². The molecule has 0 unspecified atom stereocenters. The Kier molecular flexibility index (Phi) is 5.09. The molecule has 0 spiro atoms. The van der Waals surface area contributed by atoms with Crippen LogP contribution in [0.15, 0.2) is 30.3 Å². The van der Waals surface area contributed by atoms with Gasteiger partial charge in [0.1, 0.15) is 5.75 Å². The van der Waals surface area contributed by atoms with E-state index >= 15 is 0 Å². The van der Waals surface area contributed by atoms with Gasteiger partial charge in [-0.15, -0.1) is 0 Å². The lowest BCUT2D eigenvalue weighted by Crippen LogP contribution is -2.12. The van der Waals surface area contributed by atoms with Crippen molar-refractivity contribution in [1.29, 1.82) is 0 Å². The molecule has 0 atom stereocenters. The first-order chi connectivity index (χ1) is 9.59. The maximum absolute atomic E-state index is 10.2. The van der Waals surface area contributed by atoms with E-state index in [4.69, 9.17) is 0 Å². The van der Waals surface area contributed by atoms with Gasteiger partial charge in [0.2, 0.25) is 0 Å². The van der Waals surface area contributed by atoms with Crippen LogP contribution in [0.1, 0.15) is 66.5 Å². The van der Waals surface area contributed by atoms with Gasteiger partial charge in [-0.3, -0.25) is 0 Å². The highest BCUT2D eigenvalue weighted by Gasteiger charge is 2.19. The van der Waals surface area contributed by atoms with Crippen LogP contribution in [0.2, 0.25) is 0 Å². The molecule has 1 N–H and O–H groups in total. The topological polar surface area (TPSA) is 20.2 Å². The lowest BCUT2D eigenvalue weighted by atomic mass is 9.83. The van der Waals surface area contributed by atoms with Crippen LogP contribution in [0.25, 0.3) is 10.8 Å². The highest BCUT2D eigenvalue weighted by Crippen LogP contribution is 2.35. The minimum Gasteiger partial charge on any atom is -0.508 e. The summed E-state index contributed by atoms with van der Waals surface area (Å²) in [5, 5.41) is 12.5. The fraction of sp³-hybridized carbons (Fsp3) is 0.500. The molecule has 0 aliphatic carbocycles. The fourth-order valence-electron chi connectivity index (χ4n) is 2.35. The van der Waals surface area contributed by atoms with Crippen LogP contribution in [-0.2, 0) is 10.8 Å². The normalized spacial score (nSPS) is 12.0. The third-order valence-electron chi connectivity index (χ3n) is 3.63. The van der Waals surface area contributed by atoms with Crippen molar-refractivity contribution in [3.63, 3.8) is 0 Å². The van der Waals surface area contributed by atoms with Gasteiger partial charge in [-0.2, -0.15) is 0 Å². The Labute approximate surface area is 130 Å². The van der Waals surface area contributed by atoms with E-state index in [1.807, 2.05) is 19.9 Å². The zero-order valence-electron chi connectivity index (χ0n) is 14.8. The predicted octanol–water partition coefficient (Wildman–Crippen LogP) is 6.17. The number of phenols is 1. The molecule has 0 amide bonds. The van der Waals surface area contributed by atoms with Crippen molar-refractivity contribution in [1.82, 2.24) is 0 Å². The second-order valence-corrected chi connectivity index (χ2v) is 7.43. The molecule has 2 aromatic carbocycles. The molecule has 0 aliphatic rings. The Balaban J connectivity index is 0.00000106. The standard InChI is InChI=1S/C18H24O.C2H6/c1-17(2,3)14-8-7-12-11-16(19)15(18(4,5)6)10-13(12)9-14;1-2/h7-11,19H,1-6H3;1-2H3. The van der Waals surface area contributed by atoms with E-state index in [0.29, 0.717) is 5.75 Å². The largest absolute Gasteiger partial charge is 0.508 e. The Bertz CT molecular complexity index is 610. The van der Waals surface area contributed by atoms with E-state index < -0.39 is 0 Å². The summed E-state index contributed by atoms with van der Waals surface area (Å²) in [6.45, 7) is 17.0.